The number of carbonyl (C=O) groups is 1. The van der Waals surface area contributed by atoms with Crippen molar-refractivity contribution < 1.29 is 14.3 Å². The number of furan rings is 1. The molecule has 0 saturated carbocycles. The third-order valence-electron chi connectivity index (χ3n) is 1.58. The van der Waals surface area contributed by atoms with Gasteiger partial charge in [-0.15, -0.1) is 0 Å². The lowest BCUT2D eigenvalue weighted by molar-refractivity contribution is 0.0693. The molecule has 0 unspecified atom stereocenters. The van der Waals surface area contributed by atoms with Crippen LogP contribution in [-0.2, 0) is 0 Å². The van der Waals surface area contributed by atoms with Crippen molar-refractivity contribution >= 4 is 16.9 Å². The molecule has 12 heavy (non-hydrogen) atoms. The van der Waals surface area contributed by atoms with E-state index in [4.69, 9.17) is 9.52 Å². The second-order valence-electron chi connectivity index (χ2n) is 2.30. The highest BCUT2D eigenvalue weighted by molar-refractivity contribution is 5.99. The Morgan fingerprint density at radius 1 is 1.50 bits per heavy atom. The predicted molar refractivity (Wildman–Crippen MR) is 41.0 cm³/mol. The monoisotopic (exact) mass is 163 g/mol. The number of hydrogen-bond acceptors (Lipinski definition) is 3. The van der Waals surface area contributed by atoms with Crippen LogP contribution in [0.5, 0.6) is 0 Å². The molecule has 0 saturated heterocycles. The highest BCUT2D eigenvalue weighted by Gasteiger charge is 2.10. The van der Waals surface area contributed by atoms with Crippen LogP contribution in [0.15, 0.2) is 29.0 Å². The number of aromatic carboxylic acids is 1. The molecular formula is C8H5NO3. The molecule has 2 heterocycles. The Balaban J connectivity index is 2.82. The zero-order chi connectivity index (χ0) is 8.55. The number of fused-ring (bicyclic) bond motifs is 1. The number of nitrogens with zero attached hydrogens (tertiary/aromatic N) is 1. The fourth-order valence-electron chi connectivity index (χ4n) is 1.07. The van der Waals surface area contributed by atoms with Crippen molar-refractivity contribution in [2.75, 3.05) is 0 Å². The molecule has 1 N–H and O–H groups in total. The molecule has 2 aromatic rings. The Bertz CT molecular complexity index is 433. The van der Waals surface area contributed by atoms with Gasteiger partial charge in [-0.3, -0.25) is 0 Å². The first kappa shape index (κ1) is 6.84. The SMILES string of the molecule is O=C(O)c1nccc2occc12. The molecule has 0 aliphatic rings. The molecule has 0 fully saturated rings. The molecule has 0 atom stereocenters. The lowest BCUT2D eigenvalue weighted by Crippen LogP contribution is -1.99. The highest BCUT2D eigenvalue weighted by Crippen LogP contribution is 2.17. The highest BCUT2D eigenvalue weighted by atomic mass is 16.4. The minimum Gasteiger partial charge on any atom is -0.476 e. The summed E-state index contributed by atoms with van der Waals surface area (Å²) in [5.41, 5.74) is 0.573. The van der Waals surface area contributed by atoms with Crippen LogP contribution in [0.2, 0.25) is 0 Å². The van der Waals surface area contributed by atoms with E-state index in [1.165, 1.54) is 12.5 Å². The van der Waals surface area contributed by atoms with Crippen molar-refractivity contribution in [1.29, 1.82) is 0 Å². The van der Waals surface area contributed by atoms with Gasteiger partial charge in [-0.05, 0) is 12.1 Å². The average Bonchev–Trinajstić information content (AvgIpc) is 2.49. The number of rotatable bonds is 1. The minimum atomic E-state index is -1.04. The lowest BCUT2D eigenvalue weighted by Gasteiger charge is -1.92. The molecule has 0 bridgehead atoms. The van der Waals surface area contributed by atoms with E-state index in [1.807, 2.05) is 0 Å². The Morgan fingerprint density at radius 3 is 3.08 bits per heavy atom. The molecule has 4 nitrogen and oxygen atoms in total. The van der Waals surface area contributed by atoms with Crippen molar-refractivity contribution in [1.82, 2.24) is 4.98 Å². The molecule has 0 aliphatic heterocycles. The largest absolute Gasteiger partial charge is 0.476 e. The average molecular weight is 163 g/mol. The van der Waals surface area contributed by atoms with Crippen LogP contribution < -0.4 is 0 Å². The summed E-state index contributed by atoms with van der Waals surface area (Å²) < 4.78 is 5.01. The van der Waals surface area contributed by atoms with Crippen LogP contribution in [-0.4, -0.2) is 16.1 Å². The van der Waals surface area contributed by atoms with Gasteiger partial charge in [0, 0.05) is 6.20 Å². The van der Waals surface area contributed by atoms with Crippen LogP contribution in [0.25, 0.3) is 11.0 Å². The Morgan fingerprint density at radius 2 is 2.33 bits per heavy atom. The van der Waals surface area contributed by atoms with Gasteiger partial charge in [-0.2, -0.15) is 0 Å². The summed E-state index contributed by atoms with van der Waals surface area (Å²) in [4.78, 5) is 14.3. The number of pyridine rings is 1. The van der Waals surface area contributed by atoms with Crippen molar-refractivity contribution in [2.24, 2.45) is 0 Å². The number of hydrogen-bond donors (Lipinski definition) is 1. The smallest absolute Gasteiger partial charge is 0.355 e. The molecule has 0 aromatic carbocycles. The van der Waals surface area contributed by atoms with Crippen LogP contribution in [0.4, 0.5) is 0 Å². The molecule has 0 spiro atoms. The lowest BCUT2D eigenvalue weighted by atomic mass is 10.2. The number of aromatic nitrogens is 1. The first-order chi connectivity index (χ1) is 5.79. The van der Waals surface area contributed by atoms with E-state index in [1.54, 1.807) is 12.1 Å². The normalized spacial score (nSPS) is 10.3. The number of carboxylic acid groups (broad SMARTS) is 1. The summed E-state index contributed by atoms with van der Waals surface area (Å²) in [7, 11) is 0. The first-order valence-electron chi connectivity index (χ1n) is 3.34. The van der Waals surface area contributed by atoms with Crippen molar-refractivity contribution in [3.05, 3.63) is 30.3 Å². The topological polar surface area (TPSA) is 63.3 Å². The van der Waals surface area contributed by atoms with Gasteiger partial charge in [0.1, 0.15) is 5.58 Å². The third-order valence-corrected chi connectivity index (χ3v) is 1.58. The quantitative estimate of drug-likeness (QED) is 0.692. The van der Waals surface area contributed by atoms with Crippen LogP contribution in [0, 0.1) is 0 Å². The number of carboxylic acids is 1. The van der Waals surface area contributed by atoms with E-state index in [9.17, 15) is 4.79 Å². The zero-order valence-electron chi connectivity index (χ0n) is 6.02. The van der Waals surface area contributed by atoms with Gasteiger partial charge in [0.25, 0.3) is 0 Å². The molecule has 2 aromatic heterocycles. The van der Waals surface area contributed by atoms with Gasteiger partial charge in [0.2, 0.25) is 0 Å². The van der Waals surface area contributed by atoms with Crippen molar-refractivity contribution in [3.63, 3.8) is 0 Å². The molecule has 0 aliphatic carbocycles. The summed E-state index contributed by atoms with van der Waals surface area (Å²) in [5.74, 6) is -1.04. The van der Waals surface area contributed by atoms with Gasteiger partial charge in [-0.1, -0.05) is 0 Å². The maximum atomic E-state index is 10.6. The first-order valence-corrected chi connectivity index (χ1v) is 3.34. The van der Waals surface area contributed by atoms with Gasteiger partial charge >= 0.3 is 5.97 Å². The van der Waals surface area contributed by atoms with E-state index < -0.39 is 5.97 Å². The second-order valence-corrected chi connectivity index (χ2v) is 2.30. The molecule has 0 amide bonds. The predicted octanol–water partition coefficient (Wildman–Crippen LogP) is 1.53. The third kappa shape index (κ3) is 0.852. The van der Waals surface area contributed by atoms with E-state index in [0.29, 0.717) is 11.0 Å². The van der Waals surface area contributed by atoms with Gasteiger partial charge < -0.3 is 9.52 Å². The Hall–Kier alpha value is -1.84. The molecule has 60 valence electrons. The fourth-order valence-corrected chi connectivity index (χ4v) is 1.07. The van der Waals surface area contributed by atoms with Crippen molar-refractivity contribution in [3.8, 4) is 0 Å². The van der Waals surface area contributed by atoms with E-state index in [0.717, 1.165) is 0 Å². The standard InChI is InChI=1S/C8H5NO3/c10-8(11)7-5-2-4-12-6(5)1-3-9-7/h1-4H,(H,10,11). The summed E-state index contributed by atoms with van der Waals surface area (Å²) in [6.07, 6.45) is 2.86. The van der Waals surface area contributed by atoms with Gasteiger partial charge in [0.15, 0.2) is 5.69 Å². The Labute approximate surface area is 67.4 Å². The van der Waals surface area contributed by atoms with E-state index in [-0.39, 0.29) is 5.69 Å². The van der Waals surface area contributed by atoms with Crippen molar-refractivity contribution in [2.45, 2.75) is 0 Å². The second kappa shape index (κ2) is 2.34. The van der Waals surface area contributed by atoms with E-state index in [2.05, 4.69) is 4.98 Å². The zero-order valence-corrected chi connectivity index (χ0v) is 6.02. The minimum absolute atomic E-state index is 0.0289. The van der Waals surface area contributed by atoms with E-state index >= 15 is 0 Å². The summed E-state index contributed by atoms with van der Waals surface area (Å²) >= 11 is 0. The molecule has 0 radical (unpaired) electrons. The van der Waals surface area contributed by atoms with Crippen LogP contribution in [0.3, 0.4) is 0 Å². The maximum absolute atomic E-state index is 10.6. The van der Waals surface area contributed by atoms with Crippen LogP contribution >= 0.6 is 0 Å². The molecule has 2 rings (SSSR count). The molecule has 4 heteroatoms. The summed E-state index contributed by atoms with van der Waals surface area (Å²) in [5, 5.41) is 9.23. The summed E-state index contributed by atoms with van der Waals surface area (Å²) in [6.45, 7) is 0. The van der Waals surface area contributed by atoms with Crippen LogP contribution in [0.1, 0.15) is 10.5 Å². The summed E-state index contributed by atoms with van der Waals surface area (Å²) in [6, 6.07) is 3.22. The van der Waals surface area contributed by atoms with Gasteiger partial charge in [-0.25, -0.2) is 9.78 Å². The Kier molecular flexibility index (Phi) is 1.33. The maximum Gasteiger partial charge on any atom is 0.355 e. The van der Waals surface area contributed by atoms with Gasteiger partial charge in [0.05, 0.1) is 11.6 Å². The molecular weight excluding hydrogens is 158 g/mol. The fraction of sp³-hybridized carbons (Fsp3) is 0.